The molecular formula is C20H30N2O2. The maximum Gasteiger partial charge on any atom is 0.253 e. The van der Waals surface area contributed by atoms with Crippen LogP contribution in [0.25, 0.3) is 0 Å². The maximum absolute atomic E-state index is 12.6. The number of amides is 2. The average molecular weight is 330 g/mol. The largest absolute Gasteiger partial charge is 0.339 e. The summed E-state index contributed by atoms with van der Waals surface area (Å²) in [5.41, 5.74) is 1.38. The van der Waals surface area contributed by atoms with Crippen LogP contribution in [0.2, 0.25) is 0 Å². The molecule has 0 unspecified atom stereocenters. The lowest BCUT2D eigenvalue weighted by atomic mass is 9.98. The van der Waals surface area contributed by atoms with E-state index in [1.165, 1.54) is 6.42 Å². The minimum atomic E-state index is 0.0476. The van der Waals surface area contributed by atoms with Crippen molar-refractivity contribution in [2.75, 3.05) is 18.4 Å². The molecule has 0 radical (unpaired) electrons. The van der Waals surface area contributed by atoms with E-state index in [1.54, 1.807) is 6.07 Å². The van der Waals surface area contributed by atoms with E-state index in [-0.39, 0.29) is 17.7 Å². The fraction of sp³-hybridized carbons (Fsp3) is 0.600. The van der Waals surface area contributed by atoms with Gasteiger partial charge in [-0.05, 0) is 50.3 Å². The zero-order valence-corrected chi connectivity index (χ0v) is 15.0. The quantitative estimate of drug-likeness (QED) is 0.802. The Balaban J connectivity index is 2.01. The Bertz CT molecular complexity index is 550. The molecule has 1 aliphatic rings. The van der Waals surface area contributed by atoms with Crippen LogP contribution in [0.15, 0.2) is 24.3 Å². The highest BCUT2D eigenvalue weighted by Crippen LogP contribution is 2.19. The van der Waals surface area contributed by atoms with Gasteiger partial charge in [0.2, 0.25) is 5.91 Å². The summed E-state index contributed by atoms with van der Waals surface area (Å²) in [7, 11) is 0. The van der Waals surface area contributed by atoms with Crippen molar-refractivity contribution in [2.45, 2.75) is 58.8 Å². The minimum absolute atomic E-state index is 0.0476. The van der Waals surface area contributed by atoms with Crippen molar-refractivity contribution in [2.24, 2.45) is 5.92 Å². The summed E-state index contributed by atoms with van der Waals surface area (Å²) in [6, 6.07) is 7.35. The van der Waals surface area contributed by atoms with Crippen molar-refractivity contribution in [3.8, 4) is 0 Å². The Morgan fingerprint density at radius 3 is 2.58 bits per heavy atom. The van der Waals surface area contributed by atoms with Crippen molar-refractivity contribution in [3.05, 3.63) is 29.8 Å². The van der Waals surface area contributed by atoms with Crippen LogP contribution in [-0.2, 0) is 4.79 Å². The number of carbonyl (C=O) groups excluding carboxylic acids is 2. The van der Waals surface area contributed by atoms with Gasteiger partial charge in [-0.15, -0.1) is 0 Å². The molecule has 1 N–H and O–H groups in total. The van der Waals surface area contributed by atoms with E-state index in [9.17, 15) is 9.59 Å². The number of rotatable bonds is 7. The number of carbonyl (C=O) groups is 2. The van der Waals surface area contributed by atoms with Crippen LogP contribution in [0.1, 0.15) is 69.2 Å². The number of benzene rings is 1. The molecule has 1 fully saturated rings. The molecule has 1 heterocycles. The summed E-state index contributed by atoms with van der Waals surface area (Å²) < 4.78 is 0. The molecule has 0 bridgehead atoms. The van der Waals surface area contributed by atoms with Gasteiger partial charge in [-0.2, -0.15) is 0 Å². The SMILES string of the molecule is CCCC[C@@H](CC)C(=O)Nc1cccc(C(=O)N2CCCCC2)c1. The zero-order chi connectivity index (χ0) is 17.4. The Hall–Kier alpha value is -1.84. The second-order valence-corrected chi connectivity index (χ2v) is 6.67. The molecule has 4 nitrogen and oxygen atoms in total. The van der Waals surface area contributed by atoms with E-state index in [0.29, 0.717) is 5.56 Å². The van der Waals surface area contributed by atoms with Gasteiger partial charge in [0.25, 0.3) is 5.91 Å². The number of hydrogen-bond acceptors (Lipinski definition) is 2. The highest BCUT2D eigenvalue weighted by Gasteiger charge is 2.19. The highest BCUT2D eigenvalue weighted by atomic mass is 16.2. The van der Waals surface area contributed by atoms with Crippen LogP contribution in [0.3, 0.4) is 0 Å². The lowest BCUT2D eigenvalue weighted by molar-refractivity contribution is -0.120. The van der Waals surface area contributed by atoms with Gasteiger partial charge in [0.1, 0.15) is 0 Å². The van der Waals surface area contributed by atoms with Crippen LogP contribution in [-0.4, -0.2) is 29.8 Å². The van der Waals surface area contributed by atoms with Gasteiger partial charge in [0, 0.05) is 30.3 Å². The molecule has 0 saturated carbocycles. The molecule has 0 aliphatic carbocycles. The number of nitrogens with one attached hydrogen (secondary N) is 1. The van der Waals surface area contributed by atoms with E-state index in [0.717, 1.165) is 57.3 Å². The number of hydrogen-bond donors (Lipinski definition) is 1. The second kappa shape index (κ2) is 9.45. The number of anilines is 1. The van der Waals surface area contributed by atoms with Crippen LogP contribution >= 0.6 is 0 Å². The van der Waals surface area contributed by atoms with Crippen molar-refractivity contribution >= 4 is 17.5 Å². The first-order chi connectivity index (χ1) is 11.7. The first-order valence-corrected chi connectivity index (χ1v) is 9.36. The summed E-state index contributed by atoms with van der Waals surface area (Å²) in [5, 5.41) is 2.99. The second-order valence-electron chi connectivity index (χ2n) is 6.67. The molecule has 132 valence electrons. The lowest BCUT2D eigenvalue weighted by Gasteiger charge is -2.26. The molecule has 1 saturated heterocycles. The normalized spacial score (nSPS) is 15.8. The standard InChI is InChI=1S/C20H30N2O2/c1-3-5-10-16(4-2)19(23)21-18-12-9-11-17(15-18)20(24)22-13-7-6-8-14-22/h9,11-12,15-16H,3-8,10,13-14H2,1-2H3,(H,21,23)/t16-/m1/s1. The van der Waals surface area contributed by atoms with Gasteiger partial charge in [-0.1, -0.05) is 32.8 Å². The molecule has 1 aromatic rings. The summed E-state index contributed by atoms with van der Waals surface area (Å²) in [4.78, 5) is 26.9. The first-order valence-electron chi connectivity index (χ1n) is 9.36. The van der Waals surface area contributed by atoms with Crippen molar-refractivity contribution in [1.29, 1.82) is 0 Å². The van der Waals surface area contributed by atoms with E-state index in [4.69, 9.17) is 0 Å². The Labute approximate surface area is 145 Å². The molecule has 2 amide bonds. The number of nitrogens with zero attached hydrogens (tertiary/aromatic N) is 1. The van der Waals surface area contributed by atoms with Crippen LogP contribution in [0.5, 0.6) is 0 Å². The summed E-state index contributed by atoms with van der Waals surface area (Å²) in [6.45, 7) is 5.87. The molecule has 1 atom stereocenters. The van der Waals surface area contributed by atoms with Gasteiger partial charge in [0.05, 0.1) is 0 Å². The van der Waals surface area contributed by atoms with Crippen molar-refractivity contribution < 1.29 is 9.59 Å². The molecule has 24 heavy (non-hydrogen) atoms. The van der Waals surface area contributed by atoms with E-state index < -0.39 is 0 Å². The van der Waals surface area contributed by atoms with Gasteiger partial charge >= 0.3 is 0 Å². The summed E-state index contributed by atoms with van der Waals surface area (Å²) >= 11 is 0. The fourth-order valence-corrected chi connectivity index (χ4v) is 3.23. The molecule has 1 aromatic carbocycles. The van der Waals surface area contributed by atoms with Gasteiger partial charge in [-0.3, -0.25) is 9.59 Å². The smallest absolute Gasteiger partial charge is 0.253 e. The third-order valence-corrected chi connectivity index (χ3v) is 4.79. The lowest BCUT2D eigenvalue weighted by Crippen LogP contribution is -2.35. The minimum Gasteiger partial charge on any atom is -0.339 e. The maximum atomic E-state index is 12.6. The molecule has 0 spiro atoms. The van der Waals surface area contributed by atoms with Crippen molar-refractivity contribution in [1.82, 2.24) is 4.90 Å². The zero-order valence-electron chi connectivity index (χ0n) is 15.0. The van der Waals surface area contributed by atoms with Crippen molar-refractivity contribution in [3.63, 3.8) is 0 Å². The topological polar surface area (TPSA) is 49.4 Å². The molecule has 4 heteroatoms. The number of piperidine rings is 1. The summed E-state index contributed by atoms with van der Waals surface area (Å²) in [5.74, 6) is 0.184. The van der Waals surface area contributed by atoms with Gasteiger partial charge in [-0.25, -0.2) is 0 Å². The fourth-order valence-electron chi connectivity index (χ4n) is 3.23. The van der Waals surface area contributed by atoms with E-state index in [1.807, 2.05) is 23.1 Å². The van der Waals surface area contributed by atoms with E-state index in [2.05, 4.69) is 19.2 Å². The van der Waals surface area contributed by atoms with Gasteiger partial charge in [0.15, 0.2) is 0 Å². The Kier molecular flexibility index (Phi) is 7.29. The van der Waals surface area contributed by atoms with Crippen LogP contribution < -0.4 is 5.32 Å². The first kappa shape index (κ1) is 18.5. The Morgan fingerprint density at radius 1 is 1.17 bits per heavy atom. The predicted octanol–water partition coefficient (Wildman–Crippen LogP) is 4.47. The van der Waals surface area contributed by atoms with Crippen LogP contribution in [0.4, 0.5) is 5.69 Å². The molecular weight excluding hydrogens is 300 g/mol. The van der Waals surface area contributed by atoms with Crippen LogP contribution in [0, 0.1) is 5.92 Å². The summed E-state index contributed by atoms with van der Waals surface area (Å²) in [6.07, 6.45) is 7.30. The molecule has 0 aromatic heterocycles. The predicted molar refractivity (Wildman–Crippen MR) is 98.1 cm³/mol. The average Bonchev–Trinajstić information content (AvgIpc) is 2.62. The third-order valence-electron chi connectivity index (χ3n) is 4.79. The third kappa shape index (κ3) is 5.08. The monoisotopic (exact) mass is 330 g/mol. The molecule has 1 aliphatic heterocycles. The number of unbranched alkanes of at least 4 members (excludes halogenated alkanes) is 1. The molecule has 2 rings (SSSR count). The van der Waals surface area contributed by atoms with Gasteiger partial charge < -0.3 is 10.2 Å². The van der Waals surface area contributed by atoms with E-state index >= 15 is 0 Å². The Morgan fingerprint density at radius 2 is 1.92 bits per heavy atom. The number of likely N-dealkylation sites (tertiary alicyclic amines) is 1. The highest BCUT2D eigenvalue weighted by molar-refractivity contribution is 5.97.